The highest BCUT2D eigenvalue weighted by Gasteiger charge is 2.24. The second-order valence-corrected chi connectivity index (χ2v) is 5.06. The van der Waals surface area contributed by atoms with E-state index in [-0.39, 0.29) is 31.6 Å². The van der Waals surface area contributed by atoms with Gasteiger partial charge in [0, 0.05) is 19.2 Å². The Labute approximate surface area is 113 Å². The Morgan fingerprint density at radius 3 is 2.47 bits per heavy atom. The standard InChI is InChI=1S/C13H24N2O4/c16-9-7-11(10-4-2-1-3-5-10)15-13(19)14-8-6-12(17)18/h10-11,16H,1-9H2,(H,17,18)(H2,14,15,19). The van der Waals surface area contributed by atoms with Crippen molar-refractivity contribution in [3.63, 3.8) is 0 Å². The summed E-state index contributed by atoms with van der Waals surface area (Å²) >= 11 is 0. The summed E-state index contributed by atoms with van der Waals surface area (Å²) in [6.45, 7) is 0.175. The number of hydrogen-bond acceptors (Lipinski definition) is 3. The zero-order valence-electron chi connectivity index (χ0n) is 11.2. The summed E-state index contributed by atoms with van der Waals surface area (Å²) in [6, 6.07) is -0.361. The number of rotatable bonds is 7. The highest BCUT2D eigenvalue weighted by molar-refractivity contribution is 5.75. The summed E-state index contributed by atoms with van der Waals surface area (Å²) in [5, 5.41) is 23.0. The van der Waals surface area contributed by atoms with Gasteiger partial charge in [-0.1, -0.05) is 19.3 Å². The molecule has 1 rings (SSSR count). The number of carboxylic acids is 1. The summed E-state index contributed by atoms with van der Waals surface area (Å²) in [5.41, 5.74) is 0. The monoisotopic (exact) mass is 272 g/mol. The van der Waals surface area contributed by atoms with E-state index in [1.54, 1.807) is 0 Å². The topological polar surface area (TPSA) is 98.7 Å². The molecule has 0 aromatic carbocycles. The van der Waals surface area contributed by atoms with Gasteiger partial charge >= 0.3 is 12.0 Å². The molecule has 1 unspecified atom stereocenters. The van der Waals surface area contributed by atoms with Crippen LogP contribution in [0.1, 0.15) is 44.9 Å². The summed E-state index contributed by atoms with van der Waals surface area (Å²) in [5.74, 6) is -0.509. The minimum absolute atomic E-state index is 0.0184. The van der Waals surface area contributed by atoms with E-state index in [9.17, 15) is 9.59 Å². The second kappa shape index (κ2) is 8.74. The number of carboxylic acid groups (broad SMARTS) is 1. The van der Waals surface area contributed by atoms with Gasteiger partial charge in [0.05, 0.1) is 6.42 Å². The summed E-state index contributed by atoms with van der Waals surface area (Å²) in [7, 11) is 0. The molecule has 1 saturated carbocycles. The lowest BCUT2D eigenvalue weighted by Gasteiger charge is -2.30. The van der Waals surface area contributed by atoms with Crippen molar-refractivity contribution >= 4 is 12.0 Å². The van der Waals surface area contributed by atoms with Gasteiger partial charge in [-0.15, -0.1) is 0 Å². The van der Waals surface area contributed by atoms with Crippen LogP contribution in [-0.4, -0.2) is 41.4 Å². The highest BCUT2D eigenvalue weighted by Crippen LogP contribution is 2.27. The molecule has 0 aliphatic heterocycles. The lowest BCUT2D eigenvalue weighted by Crippen LogP contribution is -2.46. The smallest absolute Gasteiger partial charge is 0.315 e. The number of nitrogens with one attached hydrogen (secondary N) is 2. The van der Waals surface area contributed by atoms with E-state index in [2.05, 4.69) is 10.6 Å². The van der Waals surface area contributed by atoms with E-state index in [1.165, 1.54) is 19.3 Å². The Morgan fingerprint density at radius 2 is 1.89 bits per heavy atom. The number of carbonyl (C=O) groups is 2. The number of aliphatic hydroxyl groups is 1. The van der Waals surface area contributed by atoms with Crippen LogP contribution in [0.25, 0.3) is 0 Å². The van der Waals surface area contributed by atoms with Gasteiger partial charge in [0.15, 0.2) is 0 Å². The normalized spacial score (nSPS) is 17.7. The molecule has 19 heavy (non-hydrogen) atoms. The molecule has 0 bridgehead atoms. The van der Waals surface area contributed by atoms with Crippen LogP contribution >= 0.6 is 0 Å². The van der Waals surface area contributed by atoms with Crippen LogP contribution in [0, 0.1) is 5.92 Å². The number of amides is 2. The van der Waals surface area contributed by atoms with Crippen LogP contribution in [0.3, 0.4) is 0 Å². The SMILES string of the molecule is O=C(O)CCNC(=O)NC(CCO)C1CCCCC1. The van der Waals surface area contributed by atoms with Crippen molar-refractivity contribution in [2.45, 2.75) is 51.0 Å². The molecule has 4 N–H and O–H groups in total. The number of hydrogen-bond donors (Lipinski definition) is 4. The Bertz CT molecular complexity index is 290. The summed E-state index contributed by atoms with van der Waals surface area (Å²) in [4.78, 5) is 22.0. The van der Waals surface area contributed by atoms with Gasteiger partial charge in [-0.2, -0.15) is 0 Å². The molecule has 0 radical (unpaired) electrons. The Kier molecular flexibility index (Phi) is 7.25. The Hall–Kier alpha value is -1.30. The molecule has 2 amide bonds. The number of aliphatic hydroxyl groups excluding tert-OH is 1. The van der Waals surface area contributed by atoms with E-state index in [0.29, 0.717) is 12.3 Å². The number of carbonyl (C=O) groups excluding carboxylic acids is 1. The lowest BCUT2D eigenvalue weighted by atomic mass is 9.83. The van der Waals surface area contributed by atoms with Gasteiger partial charge in [0.25, 0.3) is 0 Å². The fourth-order valence-corrected chi connectivity index (χ4v) is 2.60. The quantitative estimate of drug-likeness (QED) is 0.557. The second-order valence-electron chi connectivity index (χ2n) is 5.06. The van der Waals surface area contributed by atoms with E-state index in [1.807, 2.05) is 0 Å². The van der Waals surface area contributed by atoms with Crippen molar-refractivity contribution in [1.82, 2.24) is 10.6 Å². The zero-order valence-corrected chi connectivity index (χ0v) is 11.2. The van der Waals surface area contributed by atoms with Crippen LogP contribution in [-0.2, 0) is 4.79 Å². The van der Waals surface area contributed by atoms with Crippen LogP contribution in [0.15, 0.2) is 0 Å². The largest absolute Gasteiger partial charge is 0.481 e. The first-order chi connectivity index (χ1) is 9.13. The van der Waals surface area contributed by atoms with Crippen molar-refractivity contribution in [3.8, 4) is 0 Å². The maximum Gasteiger partial charge on any atom is 0.315 e. The predicted molar refractivity (Wildman–Crippen MR) is 70.9 cm³/mol. The maximum atomic E-state index is 11.7. The average molecular weight is 272 g/mol. The minimum Gasteiger partial charge on any atom is -0.481 e. The van der Waals surface area contributed by atoms with Crippen molar-refractivity contribution < 1.29 is 19.8 Å². The molecule has 6 nitrogen and oxygen atoms in total. The van der Waals surface area contributed by atoms with E-state index in [0.717, 1.165) is 12.8 Å². The van der Waals surface area contributed by atoms with Crippen LogP contribution in [0.5, 0.6) is 0 Å². The van der Waals surface area contributed by atoms with Crippen LogP contribution < -0.4 is 10.6 Å². The van der Waals surface area contributed by atoms with Gasteiger partial charge in [0.1, 0.15) is 0 Å². The van der Waals surface area contributed by atoms with Crippen molar-refractivity contribution in [3.05, 3.63) is 0 Å². The maximum absolute atomic E-state index is 11.7. The van der Waals surface area contributed by atoms with Crippen LogP contribution in [0.2, 0.25) is 0 Å². The fourth-order valence-electron chi connectivity index (χ4n) is 2.60. The molecule has 1 aliphatic carbocycles. The molecule has 1 atom stereocenters. The van der Waals surface area contributed by atoms with E-state index in [4.69, 9.17) is 10.2 Å². The first-order valence-electron chi connectivity index (χ1n) is 7.00. The molecule has 0 aromatic rings. The van der Waals surface area contributed by atoms with Crippen molar-refractivity contribution in [1.29, 1.82) is 0 Å². The average Bonchev–Trinajstić information content (AvgIpc) is 2.39. The van der Waals surface area contributed by atoms with E-state index >= 15 is 0 Å². The molecule has 6 heteroatoms. The molecule has 1 aliphatic rings. The molecule has 0 spiro atoms. The van der Waals surface area contributed by atoms with Crippen molar-refractivity contribution in [2.75, 3.05) is 13.2 Å². The molecule has 0 saturated heterocycles. The van der Waals surface area contributed by atoms with Crippen molar-refractivity contribution in [2.24, 2.45) is 5.92 Å². The summed E-state index contributed by atoms with van der Waals surface area (Å²) < 4.78 is 0. The van der Waals surface area contributed by atoms with E-state index < -0.39 is 5.97 Å². The Morgan fingerprint density at radius 1 is 1.21 bits per heavy atom. The third-order valence-electron chi connectivity index (χ3n) is 3.60. The number of urea groups is 1. The van der Waals surface area contributed by atoms with Gasteiger partial charge in [-0.25, -0.2) is 4.79 Å². The Balaban J connectivity index is 2.34. The summed E-state index contributed by atoms with van der Waals surface area (Å²) in [6.07, 6.45) is 6.23. The molecule has 0 aromatic heterocycles. The third-order valence-corrected chi connectivity index (χ3v) is 3.60. The molecule has 1 fully saturated rings. The lowest BCUT2D eigenvalue weighted by molar-refractivity contribution is -0.136. The predicted octanol–water partition coefficient (Wildman–Crippen LogP) is 1.09. The zero-order chi connectivity index (χ0) is 14.1. The molecular formula is C13H24N2O4. The fraction of sp³-hybridized carbons (Fsp3) is 0.846. The van der Waals surface area contributed by atoms with Gasteiger partial charge in [-0.3, -0.25) is 4.79 Å². The molecule has 110 valence electrons. The first kappa shape index (κ1) is 15.8. The number of aliphatic carboxylic acids is 1. The van der Waals surface area contributed by atoms with Gasteiger partial charge in [0.2, 0.25) is 0 Å². The minimum atomic E-state index is -0.931. The third kappa shape index (κ3) is 6.42. The first-order valence-corrected chi connectivity index (χ1v) is 7.00. The molecule has 0 heterocycles. The van der Waals surface area contributed by atoms with Gasteiger partial charge < -0.3 is 20.8 Å². The molecular weight excluding hydrogens is 248 g/mol. The van der Waals surface area contributed by atoms with Crippen LogP contribution in [0.4, 0.5) is 4.79 Å². The van der Waals surface area contributed by atoms with Gasteiger partial charge in [-0.05, 0) is 25.2 Å². The highest BCUT2D eigenvalue weighted by atomic mass is 16.4.